The minimum Gasteiger partial charge on any atom is -0.497 e. The summed E-state index contributed by atoms with van der Waals surface area (Å²) in [6, 6.07) is 13.9. The lowest BCUT2D eigenvalue weighted by Crippen LogP contribution is -2.43. The summed E-state index contributed by atoms with van der Waals surface area (Å²) in [5, 5.41) is 5.86. The fraction of sp³-hybridized carbons (Fsp3) is 0.300. The van der Waals surface area contributed by atoms with E-state index in [9.17, 15) is 9.18 Å². The molecule has 2 N–H and O–H groups in total. The average Bonchev–Trinajstić information content (AvgIpc) is 2.67. The van der Waals surface area contributed by atoms with Crippen molar-refractivity contribution in [2.75, 3.05) is 27.7 Å². The number of hydrogen-bond donors (Lipinski definition) is 2. The van der Waals surface area contributed by atoms with Gasteiger partial charge in [-0.25, -0.2) is 4.39 Å². The van der Waals surface area contributed by atoms with Gasteiger partial charge in [-0.15, -0.1) is 0 Å². The fourth-order valence-electron chi connectivity index (χ4n) is 2.53. The number of carbonyl (C=O) groups is 1. The number of guanidine groups is 1. The zero-order valence-corrected chi connectivity index (χ0v) is 15.8. The minimum atomic E-state index is -0.276. The van der Waals surface area contributed by atoms with Crippen molar-refractivity contribution in [2.45, 2.75) is 13.1 Å². The molecule has 0 aliphatic heterocycles. The lowest BCUT2D eigenvalue weighted by atomic mass is 10.2. The predicted molar refractivity (Wildman–Crippen MR) is 104 cm³/mol. The quantitative estimate of drug-likeness (QED) is 0.577. The third-order valence-electron chi connectivity index (χ3n) is 3.94. The average molecular weight is 372 g/mol. The Balaban J connectivity index is 1.79. The van der Waals surface area contributed by atoms with Crippen molar-refractivity contribution in [3.8, 4) is 5.75 Å². The standard InChI is InChI=1S/C20H25FN4O2/c1-22-20(25(2)14-16-5-4-6-17(21)11-16)24-13-19(26)23-12-15-7-9-18(27-3)10-8-15/h4-11H,12-14H2,1-3H3,(H,22,24)(H,23,26). The number of carbonyl (C=O) groups excluding carboxylic acids is 1. The molecular formula is C20H25FN4O2. The molecule has 0 bridgehead atoms. The number of halogens is 1. The molecule has 0 heterocycles. The van der Waals surface area contributed by atoms with Gasteiger partial charge in [0.15, 0.2) is 5.96 Å². The monoisotopic (exact) mass is 372 g/mol. The van der Waals surface area contributed by atoms with E-state index >= 15 is 0 Å². The summed E-state index contributed by atoms with van der Waals surface area (Å²) in [4.78, 5) is 18.0. The number of methoxy groups -OCH3 is 1. The zero-order chi connectivity index (χ0) is 19.6. The number of hydrogen-bond acceptors (Lipinski definition) is 3. The van der Waals surface area contributed by atoms with Gasteiger partial charge < -0.3 is 20.3 Å². The van der Waals surface area contributed by atoms with Crippen molar-refractivity contribution < 1.29 is 13.9 Å². The number of nitrogens with one attached hydrogen (secondary N) is 2. The van der Waals surface area contributed by atoms with Gasteiger partial charge in [-0.1, -0.05) is 24.3 Å². The second-order valence-electron chi connectivity index (χ2n) is 6.01. The molecular weight excluding hydrogens is 347 g/mol. The second kappa shape index (κ2) is 10.2. The molecule has 1 amide bonds. The Bertz CT molecular complexity index is 778. The highest BCUT2D eigenvalue weighted by Crippen LogP contribution is 2.10. The first kappa shape index (κ1) is 20.2. The number of rotatable bonds is 7. The van der Waals surface area contributed by atoms with Crippen LogP contribution in [-0.2, 0) is 17.9 Å². The smallest absolute Gasteiger partial charge is 0.239 e. The number of aliphatic imine (C=N–C) groups is 1. The van der Waals surface area contributed by atoms with E-state index < -0.39 is 0 Å². The lowest BCUT2D eigenvalue weighted by molar-refractivity contribution is -0.120. The van der Waals surface area contributed by atoms with E-state index in [0.29, 0.717) is 19.0 Å². The molecule has 0 aliphatic carbocycles. The van der Waals surface area contributed by atoms with Crippen LogP contribution in [-0.4, -0.2) is 44.5 Å². The molecule has 144 valence electrons. The number of benzene rings is 2. The molecule has 2 aromatic rings. The summed E-state index contributed by atoms with van der Waals surface area (Å²) >= 11 is 0. The van der Waals surface area contributed by atoms with Gasteiger partial charge >= 0.3 is 0 Å². The summed E-state index contributed by atoms with van der Waals surface area (Å²) in [6.45, 7) is 1.00. The molecule has 7 heteroatoms. The van der Waals surface area contributed by atoms with Gasteiger partial charge in [0, 0.05) is 27.2 Å². The van der Waals surface area contributed by atoms with Crippen molar-refractivity contribution in [1.29, 1.82) is 0 Å². The van der Waals surface area contributed by atoms with Gasteiger partial charge in [-0.3, -0.25) is 9.79 Å². The topological polar surface area (TPSA) is 66.0 Å². The normalized spacial score (nSPS) is 11.0. The second-order valence-corrected chi connectivity index (χ2v) is 6.01. The predicted octanol–water partition coefficient (Wildman–Crippen LogP) is 2.16. The first-order valence-electron chi connectivity index (χ1n) is 8.57. The first-order chi connectivity index (χ1) is 13.0. The lowest BCUT2D eigenvalue weighted by Gasteiger charge is -2.22. The van der Waals surface area contributed by atoms with Crippen LogP contribution >= 0.6 is 0 Å². The molecule has 0 saturated heterocycles. The van der Waals surface area contributed by atoms with Crippen LogP contribution in [0.1, 0.15) is 11.1 Å². The Morgan fingerprint density at radius 2 is 1.89 bits per heavy atom. The Morgan fingerprint density at radius 3 is 2.52 bits per heavy atom. The van der Waals surface area contributed by atoms with Crippen LogP contribution in [0.3, 0.4) is 0 Å². The van der Waals surface area contributed by atoms with Crippen molar-refractivity contribution in [3.05, 3.63) is 65.5 Å². The minimum absolute atomic E-state index is 0.0936. The van der Waals surface area contributed by atoms with Crippen LogP contribution in [0.2, 0.25) is 0 Å². The molecule has 0 aromatic heterocycles. The maximum absolute atomic E-state index is 13.3. The largest absolute Gasteiger partial charge is 0.497 e. The van der Waals surface area contributed by atoms with E-state index in [1.165, 1.54) is 12.1 Å². The number of ether oxygens (including phenoxy) is 1. The van der Waals surface area contributed by atoms with E-state index in [2.05, 4.69) is 15.6 Å². The summed E-state index contributed by atoms with van der Waals surface area (Å²) in [5.41, 5.74) is 1.81. The van der Waals surface area contributed by atoms with E-state index in [1.807, 2.05) is 42.3 Å². The maximum atomic E-state index is 13.3. The molecule has 6 nitrogen and oxygen atoms in total. The highest BCUT2D eigenvalue weighted by Gasteiger charge is 2.09. The molecule has 2 rings (SSSR count). The van der Waals surface area contributed by atoms with E-state index in [0.717, 1.165) is 16.9 Å². The number of amides is 1. The summed E-state index contributed by atoms with van der Waals surface area (Å²) in [5.74, 6) is 0.906. The molecule has 0 aliphatic rings. The third-order valence-corrected chi connectivity index (χ3v) is 3.94. The van der Waals surface area contributed by atoms with Crippen molar-refractivity contribution in [1.82, 2.24) is 15.5 Å². The number of nitrogens with zero attached hydrogens (tertiary/aromatic N) is 2. The van der Waals surface area contributed by atoms with Crippen LogP contribution in [0.4, 0.5) is 4.39 Å². The van der Waals surface area contributed by atoms with Crippen molar-refractivity contribution in [2.24, 2.45) is 4.99 Å². The van der Waals surface area contributed by atoms with Gasteiger partial charge in [0.25, 0.3) is 0 Å². The SMILES string of the molecule is CN=C(NCC(=O)NCc1ccc(OC)cc1)N(C)Cc1cccc(F)c1. The molecule has 0 spiro atoms. The summed E-state index contributed by atoms with van der Waals surface area (Å²) in [6.07, 6.45) is 0. The van der Waals surface area contributed by atoms with E-state index in [1.54, 1.807) is 20.2 Å². The molecule has 0 atom stereocenters. The third kappa shape index (κ3) is 6.62. The maximum Gasteiger partial charge on any atom is 0.239 e. The van der Waals surface area contributed by atoms with E-state index in [4.69, 9.17) is 4.74 Å². The zero-order valence-electron chi connectivity index (χ0n) is 15.8. The highest BCUT2D eigenvalue weighted by atomic mass is 19.1. The summed E-state index contributed by atoms with van der Waals surface area (Å²) < 4.78 is 18.4. The summed E-state index contributed by atoms with van der Waals surface area (Å²) in [7, 11) is 5.08. The molecule has 0 radical (unpaired) electrons. The van der Waals surface area contributed by atoms with Gasteiger partial charge in [0.1, 0.15) is 11.6 Å². The van der Waals surface area contributed by atoms with E-state index in [-0.39, 0.29) is 18.3 Å². The van der Waals surface area contributed by atoms with Crippen LogP contribution < -0.4 is 15.4 Å². The Kier molecular flexibility index (Phi) is 7.61. The molecule has 2 aromatic carbocycles. The molecule has 0 fully saturated rings. The highest BCUT2D eigenvalue weighted by molar-refractivity contribution is 5.86. The Labute approximate surface area is 159 Å². The van der Waals surface area contributed by atoms with Crippen LogP contribution in [0.15, 0.2) is 53.5 Å². The van der Waals surface area contributed by atoms with Gasteiger partial charge in [0.05, 0.1) is 13.7 Å². The molecule has 0 unspecified atom stereocenters. The molecule has 27 heavy (non-hydrogen) atoms. The van der Waals surface area contributed by atoms with Gasteiger partial charge in [-0.05, 0) is 35.4 Å². The van der Waals surface area contributed by atoms with Crippen molar-refractivity contribution >= 4 is 11.9 Å². The van der Waals surface area contributed by atoms with Crippen molar-refractivity contribution in [3.63, 3.8) is 0 Å². The van der Waals surface area contributed by atoms with Crippen LogP contribution in [0.5, 0.6) is 5.75 Å². The first-order valence-corrected chi connectivity index (χ1v) is 8.57. The van der Waals surface area contributed by atoms with Gasteiger partial charge in [0.2, 0.25) is 5.91 Å². The van der Waals surface area contributed by atoms with Crippen LogP contribution in [0, 0.1) is 5.82 Å². The molecule has 0 saturated carbocycles. The van der Waals surface area contributed by atoms with Crippen LogP contribution in [0.25, 0.3) is 0 Å². The Morgan fingerprint density at radius 1 is 1.15 bits per heavy atom. The fourth-order valence-corrected chi connectivity index (χ4v) is 2.53. The van der Waals surface area contributed by atoms with Gasteiger partial charge in [-0.2, -0.15) is 0 Å². The Hall–Kier alpha value is -3.09.